The number of hydrogen-bond donors (Lipinski definition) is 2. The highest BCUT2D eigenvalue weighted by molar-refractivity contribution is 6.42. The third-order valence-corrected chi connectivity index (χ3v) is 5.88. The Labute approximate surface area is 135 Å². The summed E-state index contributed by atoms with van der Waals surface area (Å²) in [5.74, 6) is 0.204. The van der Waals surface area contributed by atoms with Crippen molar-refractivity contribution in [3.63, 3.8) is 0 Å². The molecule has 0 aromatic heterocycles. The molecule has 3 atom stereocenters. The number of rotatable bonds is 3. The van der Waals surface area contributed by atoms with E-state index in [-0.39, 0.29) is 12.5 Å². The van der Waals surface area contributed by atoms with Crippen LogP contribution in [0.5, 0.6) is 0 Å². The van der Waals surface area contributed by atoms with Crippen molar-refractivity contribution < 1.29 is 10.2 Å². The van der Waals surface area contributed by atoms with Crippen molar-refractivity contribution in [1.29, 1.82) is 0 Å². The highest BCUT2D eigenvalue weighted by Gasteiger charge is 2.50. The topological polar surface area (TPSA) is 43.7 Å². The average molecular weight is 330 g/mol. The molecule has 1 heterocycles. The maximum absolute atomic E-state index is 11.3. The first-order chi connectivity index (χ1) is 10.1. The van der Waals surface area contributed by atoms with Crippen molar-refractivity contribution >= 4 is 23.2 Å². The van der Waals surface area contributed by atoms with Gasteiger partial charge in [0.15, 0.2) is 0 Å². The van der Waals surface area contributed by atoms with Crippen molar-refractivity contribution in [3.05, 3.63) is 33.8 Å². The first-order valence-corrected chi connectivity index (χ1v) is 8.34. The summed E-state index contributed by atoms with van der Waals surface area (Å²) in [5.41, 5.74) is 0.0406. The van der Waals surface area contributed by atoms with E-state index < -0.39 is 5.60 Å². The molecule has 3 rings (SSSR count). The molecule has 3 unspecified atom stereocenters. The van der Waals surface area contributed by atoms with Crippen molar-refractivity contribution in [2.24, 2.45) is 5.92 Å². The van der Waals surface area contributed by atoms with E-state index in [2.05, 4.69) is 4.90 Å². The molecule has 1 saturated heterocycles. The minimum absolute atomic E-state index is 0.175. The smallest absolute Gasteiger partial charge is 0.0940 e. The Morgan fingerprint density at radius 1 is 1.24 bits per heavy atom. The Morgan fingerprint density at radius 2 is 2.05 bits per heavy atom. The van der Waals surface area contributed by atoms with Crippen LogP contribution in [0.3, 0.4) is 0 Å². The van der Waals surface area contributed by atoms with Gasteiger partial charge in [-0.1, -0.05) is 29.3 Å². The Morgan fingerprint density at radius 3 is 2.76 bits per heavy atom. The van der Waals surface area contributed by atoms with Crippen LogP contribution in [0.4, 0.5) is 0 Å². The molecule has 1 saturated carbocycles. The van der Waals surface area contributed by atoms with E-state index in [0.29, 0.717) is 22.6 Å². The molecule has 2 fully saturated rings. The lowest BCUT2D eigenvalue weighted by Crippen LogP contribution is -2.47. The van der Waals surface area contributed by atoms with Gasteiger partial charge in [0.25, 0.3) is 0 Å². The molecular weight excluding hydrogens is 309 g/mol. The number of likely N-dealkylation sites (tertiary alicyclic amines) is 1. The zero-order chi connectivity index (χ0) is 15.0. The van der Waals surface area contributed by atoms with Gasteiger partial charge in [0.05, 0.1) is 22.3 Å². The minimum Gasteiger partial charge on any atom is -0.395 e. The summed E-state index contributed by atoms with van der Waals surface area (Å²) < 4.78 is 0. The van der Waals surface area contributed by atoms with Crippen LogP contribution in [-0.2, 0) is 5.60 Å². The number of hydrogen-bond acceptors (Lipinski definition) is 3. The molecule has 2 aliphatic rings. The van der Waals surface area contributed by atoms with Gasteiger partial charge in [-0.3, -0.25) is 4.90 Å². The monoisotopic (exact) mass is 329 g/mol. The third-order valence-electron chi connectivity index (χ3n) is 5.14. The van der Waals surface area contributed by atoms with Crippen molar-refractivity contribution in [2.75, 3.05) is 19.7 Å². The highest BCUT2D eigenvalue weighted by Crippen LogP contribution is 2.48. The van der Waals surface area contributed by atoms with Gasteiger partial charge in [0, 0.05) is 18.5 Å². The quantitative estimate of drug-likeness (QED) is 0.895. The lowest BCUT2D eigenvalue weighted by atomic mass is 9.69. The lowest BCUT2D eigenvalue weighted by Gasteiger charge is -2.44. The number of fused-ring (bicyclic) bond motifs is 1. The van der Waals surface area contributed by atoms with E-state index in [1.165, 1.54) is 0 Å². The van der Waals surface area contributed by atoms with Gasteiger partial charge < -0.3 is 10.2 Å². The zero-order valence-electron chi connectivity index (χ0n) is 11.9. The van der Waals surface area contributed by atoms with Crippen LogP contribution in [0.1, 0.15) is 31.2 Å². The molecule has 0 radical (unpaired) electrons. The summed E-state index contributed by atoms with van der Waals surface area (Å²) in [6.45, 7) is 1.81. The number of β-amino-alcohol motifs (C(OH)–C–C–N with tert-alkyl or cyclic N) is 1. The van der Waals surface area contributed by atoms with Gasteiger partial charge in [0.1, 0.15) is 0 Å². The largest absolute Gasteiger partial charge is 0.395 e. The first-order valence-electron chi connectivity index (χ1n) is 7.59. The molecular formula is C16H21Cl2NO2. The predicted octanol–water partition coefficient (Wildman–Crippen LogP) is 3.05. The molecule has 1 aromatic carbocycles. The standard InChI is InChI=1S/C16H21Cl2NO2/c17-13-4-3-11(10-14(13)18)16(21)6-1-2-15-12(16)5-7-19(15)8-9-20/h3-4,10,12,15,20-21H,1-2,5-9H2. The van der Waals surface area contributed by atoms with Crippen LogP contribution in [0.2, 0.25) is 10.0 Å². The van der Waals surface area contributed by atoms with Crippen molar-refractivity contribution in [3.8, 4) is 0 Å². The lowest BCUT2D eigenvalue weighted by molar-refractivity contribution is -0.0692. The Bertz CT molecular complexity index is 525. The fraction of sp³-hybridized carbons (Fsp3) is 0.625. The van der Waals surface area contributed by atoms with Gasteiger partial charge in [-0.05, 0) is 49.9 Å². The summed E-state index contributed by atoms with van der Waals surface area (Å²) >= 11 is 12.1. The van der Waals surface area contributed by atoms with Gasteiger partial charge in [-0.2, -0.15) is 0 Å². The summed E-state index contributed by atoms with van der Waals surface area (Å²) in [6, 6.07) is 5.82. The van der Waals surface area contributed by atoms with Gasteiger partial charge in [0.2, 0.25) is 0 Å². The molecule has 21 heavy (non-hydrogen) atoms. The number of aliphatic hydroxyl groups is 2. The molecule has 0 bridgehead atoms. The van der Waals surface area contributed by atoms with E-state index in [4.69, 9.17) is 23.2 Å². The summed E-state index contributed by atoms with van der Waals surface area (Å²) in [6.07, 6.45) is 3.80. The minimum atomic E-state index is -0.832. The maximum Gasteiger partial charge on any atom is 0.0940 e. The summed E-state index contributed by atoms with van der Waals surface area (Å²) in [5, 5.41) is 21.5. The second-order valence-electron chi connectivity index (χ2n) is 6.17. The zero-order valence-corrected chi connectivity index (χ0v) is 13.4. The Balaban J connectivity index is 1.91. The third kappa shape index (κ3) is 2.71. The van der Waals surface area contributed by atoms with Crippen LogP contribution >= 0.6 is 23.2 Å². The predicted molar refractivity (Wildman–Crippen MR) is 84.8 cm³/mol. The molecule has 0 amide bonds. The number of aliphatic hydroxyl groups excluding tert-OH is 1. The van der Waals surface area contributed by atoms with Crippen molar-refractivity contribution in [1.82, 2.24) is 4.90 Å². The molecule has 116 valence electrons. The maximum atomic E-state index is 11.3. The number of nitrogens with zero attached hydrogens (tertiary/aromatic N) is 1. The van der Waals surface area contributed by atoms with E-state index >= 15 is 0 Å². The first kappa shape index (κ1) is 15.6. The normalized spacial score (nSPS) is 33.1. The molecule has 2 N–H and O–H groups in total. The van der Waals surface area contributed by atoms with E-state index in [9.17, 15) is 10.2 Å². The van der Waals surface area contributed by atoms with E-state index in [1.807, 2.05) is 6.07 Å². The molecule has 5 heteroatoms. The van der Waals surface area contributed by atoms with E-state index in [0.717, 1.165) is 37.8 Å². The van der Waals surface area contributed by atoms with Crippen LogP contribution in [-0.4, -0.2) is 40.9 Å². The van der Waals surface area contributed by atoms with E-state index in [1.54, 1.807) is 12.1 Å². The second kappa shape index (κ2) is 6.05. The Kier molecular flexibility index (Phi) is 4.49. The van der Waals surface area contributed by atoms with Crippen LogP contribution in [0, 0.1) is 5.92 Å². The fourth-order valence-corrected chi connectivity index (χ4v) is 4.45. The second-order valence-corrected chi connectivity index (χ2v) is 6.98. The van der Waals surface area contributed by atoms with Gasteiger partial charge in [-0.25, -0.2) is 0 Å². The summed E-state index contributed by atoms with van der Waals surface area (Å²) in [7, 11) is 0. The molecule has 0 spiro atoms. The number of halogens is 2. The summed E-state index contributed by atoms with van der Waals surface area (Å²) in [4.78, 5) is 2.31. The van der Waals surface area contributed by atoms with Crippen LogP contribution in [0.25, 0.3) is 0 Å². The number of benzene rings is 1. The molecule has 1 aliphatic carbocycles. The SMILES string of the molecule is OCCN1CCC2C1CCCC2(O)c1ccc(Cl)c(Cl)c1. The molecule has 1 aromatic rings. The van der Waals surface area contributed by atoms with Gasteiger partial charge in [-0.15, -0.1) is 0 Å². The van der Waals surface area contributed by atoms with Crippen molar-refractivity contribution in [2.45, 2.75) is 37.3 Å². The molecule has 1 aliphatic heterocycles. The fourth-order valence-electron chi connectivity index (χ4n) is 4.15. The van der Waals surface area contributed by atoms with Crippen LogP contribution < -0.4 is 0 Å². The highest BCUT2D eigenvalue weighted by atomic mass is 35.5. The van der Waals surface area contributed by atoms with Crippen LogP contribution in [0.15, 0.2) is 18.2 Å². The van der Waals surface area contributed by atoms with Gasteiger partial charge >= 0.3 is 0 Å². The Hall–Kier alpha value is -0.320. The average Bonchev–Trinajstić information content (AvgIpc) is 2.87. The molecule has 3 nitrogen and oxygen atoms in total.